The van der Waals surface area contributed by atoms with Crippen LogP contribution in [-0.2, 0) is 4.79 Å². The van der Waals surface area contributed by atoms with Gasteiger partial charge in [-0.25, -0.2) is 0 Å². The summed E-state index contributed by atoms with van der Waals surface area (Å²) in [5.74, 6) is 0.0402. The third-order valence-electron chi connectivity index (χ3n) is 5.48. The second-order valence-electron chi connectivity index (χ2n) is 7.30. The molecule has 1 atom stereocenters. The van der Waals surface area contributed by atoms with E-state index in [4.69, 9.17) is 0 Å². The van der Waals surface area contributed by atoms with Crippen LogP contribution in [0, 0.1) is 13.8 Å². The molecule has 4 nitrogen and oxygen atoms in total. The van der Waals surface area contributed by atoms with Crippen molar-refractivity contribution >= 4 is 34.4 Å². The van der Waals surface area contributed by atoms with Crippen molar-refractivity contribution in [2.24, 2.45) is 0 Å². The lowest BCUT2D eigenvalue weighted by Gasteiger charge is -2.20. The van der Waals surface area contributed by atoms with E-state index < -0.39 is 5.78 Å². The molecule has 144 valence electrons. The summed E-state index contributed by atoms with van der Waals surface area (Å²) in [5, 5.41) is 1.18. The summed E-state index contributed by atoms with van der Waals surface area (Å²) in [5.41, 5.74) is 4.77. The number of hydrogen-bond donors (Lipinski definition) is 1. The van der Waals surface area contributed by atoms with Gasteiger partial charge in [0.1, 0.15) is 0 Å². The summed E-state index contributed by atoms with van der Waals surface area (Å²) in [4.78, 5) is 31.0. The Morgan fingerprint density at radius 3 is 2.61 bits per heavy atom. The Labute approximate surface area is 169 Å². The quantitative estimate of drug-likeness (QED) is 0.520. The number of aromatic nitrogens is 1. The van der Waals surface area contributed by atoms with Crippen molar-refractivity contribution in [1.82, 2.24) is 9.88 Å². The first-order chi connectivity index (χ1) is 13.6. The average molecular weight is 393 g/mol. The van der Waals surface area contributed by atoms with Gasteiger partial charge >= 0.3 is 0 Å². The highest BCUT2D eigenvalue weighted by atomic mass is 32.2. The molecule has 28 heavy (non-hydrogen) atoms. The minimum atomic E-state index is -0.408. The fraction of sp³-hybridized carbons (Fsp3) is 0.304. The number of ketones is 1. The number of aryl methyl sites for hydroxylation is 2. The number of nitrogens with one attached hydrogen (secondary N) is 1. The first-order valence-electron chi connectivity index (χ1n) is 9.64. The van der Waals surface area contributed by atoms with E-state index in [1.54, 1.807) is 4.90 Å². The Balaban J connectivity index is 1.53. The van der Waals surface area contributed by atoms with Gasteiger partial charge in [-0.15, -0.1) is 0 Å². The van der Waals surface area contributed by atoms with E-state index in [1.165, 1.54) is 11.1 Å². The molecule has 1 aromatic heterocycles. The molecule has 2 aromatic carbocycles. The van der Waals surface area contributed by atoms with Crippen LogP contribution in [-0.4, -0.2) is 40.4 Å². The van der Waals surface area contributed by atoms with Crippen molar-refractivity contribution in [3.8, 4) is 0 Å². The molecule has 1 saturated heterocycles. The van der Waals surface area contributed by atoms with Crippen molar-refractivity contribution in [3.63, 3.8) is 0 Å². The van der Waals surface area contributed by atoms with E-state index in [1.807, 2.05) is 43.0 Å². The van der Waals surface area contributed by atoms with Crippen LogP contribution in [0.25, 0.3) is 10.9 Å². The molecule has 0 bridgehead atoms. The number of fused-ring (bicyclic) bond motifs is 1. The maximum Gasteiger partial charge on any atom is 0.295 e. The van der Waals surface area contributed by atoms with E-state index in [2.05, 4.69) is 36.2 Å². The number of thioether (sulfide) groups is 1. The van der Waals surface area contributed by atoms with Gasteiger partial charge in [0.2, 0.25) is 0 Å². The highest BCUT2D eigenvalue weighted by Gasteiger charge is 2.29. The molecular weight excluding hydrogens is 368 g/mol. The summed E-state index contributed by atoms with van der Waals surface area (Å²) in [7, 11) is 0. The standard InChI is InChI=1S/C23H24N2O2S/c1-15-7-3-4-8-17(15)20-11-12-25(13-14-28-20)23(27)22(26)21-16(2)24-19-10-6-5-9-18(19)21/h3-10,20,24H,11-14H2,1-2H3. The molecular formula is C23H24N2O2S. The molecule has 1 aliphatic heterocycles. The molecule has 0 radical (unpaired) electrons. The molecule has 0 saturated carbocycles. The average Bonchev–Trinajstić information content (AvgIpc) is 2.87. The van der Waals surface area contributed by atoms with Gasteiger partial charge < -0.3 is 9.88 Å². The number of aromatic amines is 1. The smallest absolute Gasteiger partial charge is 0.295 e. The first-order valence-corrected chi connectivity index (χ1v) is 10.7. The molecule has 4 rings (SSSR count). The van der Waals surface area contributed by atoms with Crippen LogP contribution < -0.4 is 0 Å². The molecule has 1 fully saturated rings. The largest absolute Gasteiger partial charge is 0.358 e. The van der Waals surface area contributed by atoms with E-state index in [-0.39, 0.29) is 5.91 Å². The number of para-hydroxylation sites is 1. The van der Waals surface area contributed by atoms with Crippen molar-refractivity contribution < 1.29 is 9.59 Å². The summed E-state index contributed by atoms with van der Waals surface area (Å²) >= 11 is 1.88. The Hall–Kier alpha value is -2.53. The monoisotopic (exact) mass is 392 g/mol. The molecule has 2 heterocycles. The van der Waals surface area contributed by atoms with E-state index in [9.17, 15) is 9.59 Å². The SMILES string of the molecule is Cc1ccccc1C1CCN(C(=O)C(=O)c2c(C)[nH]c3ccccc23)CCS1. The zero-order valence-electron chi connectivity index (χ0n) is 16.2. The number of benzene rings is 2. The fourth-order valence-electron chi connectivity index (χ4n) is 3.99. The van der Waals surface area contributed by atoms with Crippen LogP contribution in [0.4, 0.5) is 0 Å². The zero-order valence-corrected chi connectivity index (χ0v) is 17.0. The molecule has 0 aliphatic carbocycles. The van der Waals surface area contributed by atoms with Crippen LogP contribution >= 0.6 is 11.8 Å². The molecule has 3 aromatic rings. The summed E-state index contributed by atoms with van der Waals surface area (Å²) in [6.07, 6.45) is 0.863. The Morgan fingerprint density at radius 2 is 1.79 bits per heavy atom. The predicted molar refractivity (Wildman–Crippen MR) is 115 cm³/mol. The van der Waals surface area contributed by atoms with Gasteiger partial charge in [0, 0.05) is 40.7 Å². The topological polar surface area (TPSA) is 53.2 Å². The lowest BCUT2D eigenvalue weighted by atomic mass is 10.0. The van der Waals surface area contributed by atoms with Gasteiger partial charge in [0.25, 0.3) is 11.7 Å². The van der Waals surface area contributed by atoms with Crippen LogP contribution in [0.1, 0.15) is 38.8 Å². The second-order valence-corrected chi connectivity index (χ2v) is 8.61. The maximum absolute atomic E-state index is 13.0. The highest BCUT2D eigenvalue weighted by Crippen LogP contribution is 2.36. The van der Waals surface area contributed by atoms with Gasteiger partial charge in [-0.3, -0.25) is 9.59 Å². The zero-order chi connectivity index (χ0) is 19.7. The lowest BCUT2D eigenvalue weighted by molar-refractivity contribution is -0.126. The van der Waals surface area contributed by atoms with E-state index in [0.717, 1.165) is 28.8 Å². The van der Waals surface area contributed by atoms with Gasteiger partial charge in [-0.05, 0) is 37.5 Å². The van der Waals surface area contributed by atoms with E-state index >= 15 is 0 Å². The lowest BCUT2D eigenvalue weighted by Crippen LogP contribution is -2.38. The van der Waals surface area contributed by atoms with Crippen molar-refractivity contribution in [3.05, 3.63) is 70.9 Å². The number of carbonyl (C=O) groups is 2. The number of carbonyl (C=O) groups excluding carboxylic acids is 2. The third kappa shape index (κ3) is 3.47. The molecule has 1 unspecified atom stereocenters. The maximum atomic E-state index is 13.0. The number of rotatable bonds is 3. The highest BCUT2D eigenvalue weighted by molar-refractivity contribution is 7.99. The summed E-state index contributed by atoms with van der Waals surface area (Å²) in [6.45, 7) is 5.21. The van der Waals surface area contributed by atoms with Gasteiger partial charge in [0.05, 0.1) is 5.56 Å². The fourth-order valence-corrected chi connectivity index (χ4v) is 5.32. The van der Waals surface area contributed by atoms with Crippen molar-refractivity contribution in [2.75, 3.05) is 18.8 Å². The van der Waals surface area contributed by atoms with Crippen LogP contribution in [0.3, 0.4) is 0 Å². The summed E-state index contributed by atoms with van der Waals surface area (Å²) in [6, 6.07) is 16.1. The molecule has 1 aliphatic rings. The van der Waals surface area contributed by atoms with Gasteiger partial charge in [-0.1, -0.05) is 42.5 Å². The molecule has 5 heteroatoms. The summed E-state index contributed by atoms with van der Waals surface area (Å²) < 4.78 is 0. The minimum Gasteiger partial charge on any atom is -0.358 e. The second kappa shape index (κ2) is 7.84. The third-order valence-corrected chi connectivity index (χ3v) is 6.79. The Kier molecular flexibility index (Phi) is 5.27. The van der Waals surface area contributed by atoms with Crippen LogP contribution in [0.15, 0.2) is 48.5 Å². The number of Topliss-reactive ketones (excluding diaryl/α,β-unsaturated/α-hetero) is 1. The number of hydrogen-bond acceptors (Lipinski definition) is 3. The van der Waals surface area contributed by atoms with Crippen molar-refractivity contribution in [1.29, 1.82) is 0 Å². The Bertz CT molecular complexity index is 1040. The van der Waals surface area contributed by atoms with E-state index in [0.29, 0.717) is 23.9 Å². The van der Waals surface area contributed by atoms with Crippen molar-refractivity contribution in [2.45, 2.75) is 25.5 Å². The van der Waals surface area contributed by atoms with Crippen LogP contribution in [0.5, 0.6) is 0 Å². The first kappa shape index (κ1) is 18.8. The number of amides is 1. The number of H-pyrrole nitrogens is 1. The Morgan fingerprint density at radius 1 is 1.04 bits per heavy atom. The molecule has 0 spiro atoms. The van der Waals surface area contributed by atoms with Crippen LogP contribution in [0.2, 0.25) is 0 Å². The molecule has 1 amide bonds. The number of nitrogens with zero attached hydrogens (tertiary/aromatic N) is 1. The predicted octanol–water partition coefficient (Wildman–Crippen LogP) is 4.67. The normalized spacial score (nSPS) is 17.5. The van der Waals surface area contributed by atoms with Gasteiger partial charge in [0.15, 0.2) is 0 Å². The van der Waals surface area contributed by atoms with Gasteiger partial charge in [-0.2, -0.15) is 11.8 Å². The molecule has 1 N–H and O–H groups in total. The minimum absolute atomic E-state index is 0.365.